The summed E-state index contributed by atoms with van der Waals surface area (Å²) in [5, 5.41) is 2.88. The van der Waals surface area contributed by atoms with Crippen molar-refractivity contribution in [2.24, 2.45) is 0 Å². The Kier molecular flexibility index (Phi) is 6.55. The Morgan fingerprint density at radius 3 is 2.46 bits per heavy atom. The molecule has 0 fully saturated rings. The predicted molar refractivity (Wildman–Crippen MR) is 100 cm³/mol. The monoisotopic (exact) mass is 388 g/mol. The summed E-state index contributed by atoms with van der Waals surface area (Å²) in [5.41, 5.74) is 2.87. The van der Waals surface area contributed by atoms with Gasteiger partial charge in [0.15, 0.2) is 0 Å². The van der Waals surface area contributed by atoms with Crippen LogP contribution in [0.5, 0.6) is 0 Å². The fourth-order valence-corrected chi connectivity index (χ4v) is 2.95. The molecule has 0 aromatic heterocycles. The summed E-state index contributed by atoms with van der Waals surface area (Å²) in [4.78, 5) is 25.6. The van der Waals surface area contributed by atoms with E-state index >= 15 is 0 Å². The van der Waals surface area contributed by atoms with Gasteiger partial charge in [-0.15, -0.1) is 0 Å². The van der Waals surface area contributed by atoms with Gasteiger partial charge in [0.05, 0.1) is 0 Å². The van der Waals surface area contributed by atoms with Gasteiger partial charge in [0, 0.05) is 23.6 Å². The highest BCUT2D eigenvalue weighted by atomic mass is 79.9. The van der Waals surface area contributed by atoms with Gasteiger partial charge in [-0.3, -0.25) is 9.59 Å². The van der Waals surface area contributed by atoms with Crippen molar-refractivity contribution >= 4 is 33.4 Å². The van der Waals surface area contributed by atoms with Crippen LogP contribution in [0.15, 0.2) is 53.0 Å². The first kappa shape index (κ1) is 18.2. The van der Waals surface area contributed by atoms with Gasteiger partial charge in [-0.25, -0.2) is 0 Å². The number of hydrogen-bond donors (Lipinski definition) is 1. The third-order valence-electron chi connectivity index (χ3n) is 3.71. The van der Waals surface area contributed by atoms with Crippen LogP contribution in [0.25, 0.3) is 0 Å². The number of rotatable bonds is 6. The Labute approximate surface area is 151 Å². The van der Waals surface area contributed by atoms with Gasteiger partial charge < -0.3 is 10.2 Å². The van der Waals surface area contributed by atoms with E-state index in [-0.39, 0.29) is 18.4 Å². The number of carbonyl (C=O) groups is 2. The Balaban J connectivity index is 1.95. The van der Waals surface area contributed by atoms with E-state index in [9.17, 15) is 9.59 Å². The van der Waals surface area contributed by atoms with E-state index in [1.54, 1.807) is 0 Å². The average Bonchev–Trinajstić information content (AvgIpc) is 2.54. The van der Waals surface area contributed by atoms with Gasteiger partial charge in [-0.1, -0.05) is 46.3 Å². The van der Waals surface area contributed by atoms with Gasteiger partial charge in [0.2, 0.25) is 11.8 Å². The number of hydrogen-bond acceptors (Lipinski definition) is 2. The van der Waals surface area contributed by atoms with E-state index in [0.717, 1.165) is 22.1 Å². The molecule has 0 aliphatic carbocycles. The second-order valence-corrected chi connectivity index (χ2v) is 6.54. The van der Waals surface area contributed by atoms with Crippen LogP contribution in [0, 0.1) is 6.92 Å². The normalized spacial score (nSPS) is 10.3. The van der Waals surface area contributed by atoms with Crippen LogP contribution in [0.1, 0.15) is 18.1 Å². The van der Waals surface area contributed by atoms with Crippen LogP contribution >= 0.6 is 15.9 Å². The number of nitrogens with one attached hydrogen (secondary N) is 1. The number of aryl methyl sites for hydroxylation is 1. The summed E-state index contributed by atoms with van der Waals surface area (Å²) in [5.74, 6) is -0.318. The van der Waals surface area contributed by atoms with E-state index in [4.69, 9.17) is 0 Å². The lowest BCUT2D eigenvalue weighted by Gasteiger charge is -2.22. The lowest BCUT2D eigenvalue weighted by molar-refractivity contribution is -0.123. The van der Waals surface area contributed by atoms with Gasteiger partial charge in [-0.2, -0.15) is 0 Å². The number of benzene rings is 2. The fourth-order valence-electron chi connectivity index (χ4n) is 2.48. The van der Waals surface area contributed by atoms with Crippen LogP contribution in [0.4, 0.5) is 5.69 Å². The highest BCUT2D eigenvalue weighted by molar-refractivity contribution is 9.10. The molecule has 2 aromatic carbocycles. The fraction of sp³-hybridized carbons (Fsp3) is 0.263. The minimum Gasteiger partial charge on any atom is -0.354 e. The highest BCUT2D eigenvalue weighted by Gasteiger charge is 2.17. The van der Waals surface area contributed by atoms with Crippen molar-refractivity contribution in [1.29, 1.82) is 0 Å². The number of halogens is 1. The molecular weight excluding hydrogens is 368 g/mol. The smallest absolute Gasteiger partial charge is 0.240 e. The Hall–Kier alpha value is -2.14. The quantitative estimate of drug-likeness (QED) is 0.823. The Morgan fingerprint density at radius 2 is 1.83 bits per heavy atom. The molecule has 4 nitrogen and oxygen atoms in total. The zero-order valence-corrected chi connectivity index (χ0v) is 15.5. The molecule has 2 amide bonds. The zero-order valence-electron chi connectivity index (χ0n) is 13.9. The molecule has 24 heavy (non-hydrogen) atoms. The minimum atomic E-state index is -0.163. The summed E-state index contributed by atoms with van der Waals surface area (Å²) in [6.07, 6.45) is 0.768. The molecule has 2 aromatic rings. The maximum absolute atomic E-state index is 12.2. The SMILES string of the molecule is CC(=O)N(CC(=O)NCCc1ccccc1)c1ccc(Br)cc1C. The molecule has 0 heterocycles. The van der Waals surface area contributed by atoms with E-state index in [2.05, 4.69) is 21.2 Å². The Morgan fingerprint density at radius 1 is 1.12 bits per heavy atom. The first-order valence-corrected chi connectivity index (χ1v) is 8.61. The lowest BCUT2D eigenvalue weighted by Crippen LogP contribution is -2.40. The van der Waals surface area contributed by atoms with E-state index in [1.165, 1.54) is 17.4 Å². The number of amides is 2. The molecule has 1 N–H and O–H groups in total. The molecule has 0 atom stereocenters. The van der Waals surface area contributed by atoms with Crippen molar-refractivity contribution in [3.8, 4) is 0 Å². The third-order valence-corrected chi connectivity index (χ3v) is 4.20. The number of anilines is 1. The molecule has 0 aliphatic heterocycles. The molecule has 0 saturated heterocycles. The molecule has 126 valence electrons. The van der Waals surface area contributed by atoms with Crippen LogP contribution in [0.3, 0.4) is 0 Å². The molecule has 0 spiro atoms. The standard InChI is InChI=1S/C19H21BrN2O2/c1-14-12-17(20)8-9-18(14)22(15(2)23)13-19(24)21-11-10-16-6-4-3-5-7-16/h3-9,12H,10-11,13H2,1-2H3,(H,21,24). The second kappa shape index (κ2) is 8.64. The summed E-state index contributed by atoms with van der Waals surface area (Å²) < 4.78 is 0.944. The van der Waals surface area contributed by atoms with Gasteiger partial charge in [0.25, 0.3) is 0 Å². The average molecular weight is 389 g/mol. The third kappa shape index (κ3) is 5.20. The van der Waals surface area contributed by atoms with E-state index in [1.807, 2.05) is 55.5 Å². The van der Waals surface area contributed by atoms with Crippen LogP contribution in [0.2, 0.25) is 0 Å². The maximum atomic E-state index is 12.2. The first-order valence-electron chi connectivity index (χ1n) is 7.82. The number of carbonyl (C=O) groups excluding carboxylic acids is 2. The molecule has 2 rings (SSSR count). The molecule has 0 aliphatic rings. The van der Waals surface area contributed by atoms with Crippen molar-refractivity contribution in [1.82, 2.24) is 5.32 Å². The largest absolute Gasteiger partial charge is 0.354 e. The van der Waals surface area contributed by atoms with Gasteiger partial charge >= 0.3 is 0 Å². The van der Waals surface area contributed by atoms with Crippen LogP contribution < -0.4 is 10.2 Å². The summed E-state index contributed by atoms with van der Waals surface area (Å²) >= 11 is 3.41. The molecule has 5 heteroatoms. The van der Waals surface area contributed by atoms with Crippen molar-refractivity contribution in [3.63, 3.8) is 0 Å². The summed E-state index contributed by atoms with van der Waals surface area (Å²) in [6.45, 7) is 3.96. The molecule has 0 radical (unpaired) electrons. The van der Waals surface area contributed by atoms with Crippen molar-refractivity contribution in [2.75, 3.05) is 18.0 Å². The predicted octanol–water partition coefficient (Wildman–Crippen LogP) is 3.47. The van der Waals surface area contributed by atoms with Crippen molar-refractivity contribution < 1.29 is 9.59 Å². The second-order valence-electron chi connectivity index (χ2n) is 5.62. The van der Waals surface area contributed by atoms with E-state index in [0.29, 0.717) is 6.54 Å². The van der Waals surface area contributed by atoms with E-state index < -0.39 is 0 Å². The maximum Gasteiger partial charge on any atom is 0.240 e. The molecule has 0 bridgehead atoms. The summed E-state index contributed by atoms with van der Waals surface area (Å²) in [6, 6.07) is 15.6. The first-order chi connectivity index (χ1) is 11.5. The molecule has 0 saturated carbocycles. The lowest BCUT2D eigenvalue weighted by atomic mass is 10.1. The number of nitrogens with zero attached hydrogens (tertiary/aromatic N) is 1. The molecule has 0 unspecified atom stereocenters. The van der Waals surface area contributed by atoms with Crippen LogP contribution in [-0.2, 0) is 16.0 Å². The highest BCUT2D eigenvalue weighted by Crippen LogP contribution is 2.23. The Bertz CT molecular complexity index is 717. The zero-order chi connectivity index (χ0) is 17.5. The van der Waals surface area contributed by atoms with Crippen molar-refractivity contribution in [2.45, 2.75) is 20.3 Å². The van der Waals surface area contributed by atoms with Gasteiger partial charge in [-0.05, 0) is 42.7 Å². The van der Waals surface area contributed by atoms with Gasteiger partial charge in [0.1, 0.15) is 6.54 Å². The summed E-state index contributed by atoms with van der Waals surface area (Å²) in [7, 11) is 0. The minimum absolute atomic E-state index is 0.0204. The topological polar surface area (TPSA) is 49.4 Å². The van der Waals surface area contributed by atoms with Crippen LogP contribution in [-0.4, -0.2) is 24.9 Å². The van der Waals surface area contributed by atoms with Crippen molar-refractivity contribution in [3.05, 3.63) is 64.1 Å². The molecular formula is C19H21BrN2O2.